The lowest BCUT2D eigenvalue weighted by Crippen LogP contribution is -2.38. The third-order valence-corrected chi connectivity index (χ3v) is 7.03. The molecule has 1 heterocycles. The van der Waals surface area contributed by atoms with Crippen molar-refractivity contribution in [2.75, 3.05) is 23.7 Å². The van der Waals surface area contributed by atoms with Gasteiger partial charge in [0, 0.05) is 21.8 Å². The van der Waals surface area contributed by atoms with Gasteiger partial charge >= 0.3 is 6.18 Å². The first-order valence-corrected chi connectivity index (χ1v) is 11.7. The monoisotopic (exact) mass is 464 g/mol. The number of fused-ring (bicyclic) bond motifs is 2. The summed E-state index contributed by atoms with van der Waals surface area (Å²) in [5.74, 6) is -0.477. The van der Waals surface area contributed by atoms with Crippen molar-refractivity contribution in [2.24, 2.45) is 11.7 Å². The molecule has 0 aromatic heterocycles. The zero-order chi connectivity index (χ0) is 22.7. The van der Waals surface area contributed by atoms with Crippen LogP contribution in [0.25, 0.3) is 0 Å². The molecular formula is C23H27F3N4OS. The zero-order valence-electron chi connectivity index (χ0n) is 17.6. The van der Waals surface area contributed by atoms with Gasteiger partial charge in [0.2, 0.25) is 5.91 Å². The van der Waals surface area contributed by atoms with Crippen molar-refractivity contribution in [3.8, 4) is 0 Å². The molecule has 0 radical (unpaired) electrons. The number of alkyl halides is 3. The van der Waals surface area contributed by atoms with Gasteiger partial charge in [0.25, 0.3) is 0 Å². The summed E-state index contributed by atoms with van der Waals surface area (Å²) >= 11 is 1.27. The van der Waals surface area contributed by atoms with E-state index in [0.29, 0.717) is 23.5 Å². The molecule has 2 aliphatic rings. The number of halogens is 3. The van der Waals surface area contributed by atoms with E-state index in [1.807, 2.05) is 24.3 Å². The van der Waals surface area contributed by atoms with Gasteiger partial charge in [0.1, 0.15) is 0 Å². The van der Waals surface area contributed by atoms with E-state index in [4.69, 9.17) is 5.73 Å². The number of amides is 1. The Morgan fingerprint density at radius 1 is 1.19 bits per heavy atom. The maximum absolute atomic E-state index is 13.6. The molecule has 9 heteroatoms. The van der Waals surface area contributed by atoms with Crippen molar-refractivity contribution in [1.29, 1.82) is 0 Å². The predicted octanol–water partition coefficient (Wildman–Crippen LogP) is 5.35. The Balaban J connectivity index is 1.56. The average molecular weight is 465 g/mol. The number of hydrogen-bond acceptors (Lipinski definition) is 5. The molecule has 1 aliphatic carbocycles. The number of para-hydroxylation sites is 1. The molecule has 1 amide bonds. The van der Waals surface area contributed by atoms with Crippen molar-refractivity contribution < 1.29 is 18.0 Å². The van der Waals surface area contributed by atoms with E-state index >= 15 is 0 Å². The largest absolute Gasteiger partial charge is 0.416 e. The minimum absolute atomic E-state index is 0.167. The predicted molar refractivity (Wildman–Crippen MR) is 121 cm³/mol. The number of rotatable bonds is 6. The highest BCUT2D eigenvalue weighted by molar-refractivity contribution is 7.99. The van der Waals surface area contributed by atoms with Gasteiger partial charge in [-0.25, -0.2) is 0 Å². The average Bonchev–Trinajstić information content (AvgIpc) is 2.77. The zero-order valence-corrected chi connectivity index (χ0v) is 18.4. The lowest BCUT2D eigenvalue weighted by atomic mass is 9.85. The number of carbonyl (C=O) groups is 1. The Kier molecular flexibility index (Phi) is 6.97. The molecule has 172 valence electrons. The SMILES string of the molecule is NCCCNC1CCCC(C(=O)Nc2cc(C(F)(F)F)cc3c2Nc2ccccc2S3)C1. The van der Waals surface area contributed by atoms with Crippen LogP contribution < -0.4 is 21.7 Å². The third kappa shape index (κ3) is 5.22. The summed E-state index contributed by atoms with van der Waals surface area (Å²) in [6.07, 6.45) is -0.345. The number of anilines is 3. The van der Waals surface area contributed by atoms with Crippen LogP contribution in [0.5, 0.6) is 0 Å². The van der Waals surface area contributed by atoms with E-state index in [0.717, 1.165) is 54.9 Å². The minimum Gasteiger partial charge on any atom is -0.352 e. The molecule has 1 aliphatic heterocycles. The van der Waals surface area contributed by atoms with Crippen LogP contribution in [0.2, 0.25) is 0 Å². The number of hydrogen-bond donors (Lipinski definition) is 4. The Hall–Kier alpha value is -2.23. The van der Waals surface area contributed by atoms with Crippen LogP contribution >= 0.6 is 11.8 Å². The Morgan fingerprint density at radius 3 is 2.78 bits per heavy atom. The highest BCUT2D eigenvalue weighted by Gasteiger charge is 2.34. The second-order valence-corrected chi connectivity index (χ2v) is 9.35. The van der Waals surface area contributed by atoms with E-state index < -0.39 is 11.7 Å². The fourth-order valence-corrected chi connectivity index (χ4v) is 5.32. The van der Waals surface area contributed by atoms with Crippen LogP contribution in [0.3, 0.4) is 0 Å². The summed E-state index contributed by atoms with van der Waals surface area (Å²) in [6.45, 7) is 1.41. The number of benzene rings is 2. The second-order valence-electron chi connectivity index (χ2n) is 8.26. The van der Waals surface area contributed by atoms with Crippen LogP contribution in [-0.4, -0.2) is 25.0 Å². The molecule has 0 bridgehead atoms. The summed E-state index contributed by atoms with van der Waals surface area (Å²) in [5, 5.41) is 9.46. The van der Waals surface area contributed by atoms with Crippen molar-refractivity contribution >= 4 is 34.7 Å². The minimum atomic E-state index is -4.51. The van der Waals surface area contributed by atoms with Gasteiger partial charge in [-0.05, 0) is 63.0 Å². The van der Waals surface area contributed by atoms with Gasteiger partial charge in [-0.1, -0.05) is 30.3 Å². The Labute approximate surface area is 189 Å². The molecule has 1 fully saturated rings. The lowest BCUT2D eigenvalue weighted by Gasteiger charge is -2.30. The summed E-state index contributed by atoms with van der Waals surface area (Å²) in [7, 11) is 0. The fraction of sp³-hybridized carbons (Fsp3) is 0.435. The van der Waals surface area contributed by atoms with E-state index in [-0.39, 0.29) is 23.6 Å². The van der Waals surface area contributed by atoms with Crippen LogP contribution in [0.4, 0.5) is 30.2 Å². The standard InChI is InChI=1S/C23H27F3N4OS/c24-23(25,26)15-12-18(21-20(13-15)32-19-8-2-1-7-17(19)29-21)30-22(31)14-5-3-6-16(11-14)28-10-4-9-27/h1-2,7-8,12-14,16,28-29H,3-6,9-11,27H2,(H,30,31). The molecule has 5 N–H and O–H groups in total. The van der Waals surface area contributed by atoms with Gasteiger partial charge in [-0.3, -0.25) is 4.79 Å². The van der Waals surface area contributed by atoms with Gasteiger partial charge in [-0.2, -0.15) is 13.2 Å². The van der Waals surface area contributed by atoms with E-state index in [9.17, 15) is 18.0 Å². The van der Waals surface area contributed by atoms with Gasteiger partial charge in [0.15, 0.2) is 0 Å². The maximum atomic E-state index is 13.6. The Bertz CT molecular complexity index is 982. The van der Waals surface area contributed by atoms with Crippen LogP contribution in [0.1, 0.15) is 37.7 Å². The quantitative estimate of drug-likeness (QED) is 0.370. The van der Waals surface area contributed by atoms with Crippen LogP contribution in [0, 0.1) is 5.92 Å². The molecule has 4 rings (SSSR count). The smallest absolute Gasteiger partial charge is 0.352 e. The van der Waals surface area contributed by atoms with Crippen molar-refractivity contribution in [3.63, 3.8) is 0 Å². The first kappa shape index (κ1) is 22.9. The summed E-state index contributed by atoms with van der Waals surface area (Å²) in [5.41, 5.74) is 6.25. The van der Waals surface area contributed by atoms with Crippen LogP contribution in [-0.2, 0) is 11.0 Å². The third-order valence-electron chi connectivity index (χ3n) is 5.91. The van der Waals surface area contributed by atoms with E-state index in [1.54, 1.807) is 0 Å². The molecule has 2 unspecified atom stereocenters. The summed E-state index contributed by atoms with van der Waals surface area (Å²) in [4.78, 5) is 14.3. The Morgan fingerprint density at radius 2 is 2.00 bits per heavy atom. The molecule has 5 nitrogen and oxygen atoms in total. The first-order chi connectivity index (χ1) is 15.3. The fourth-order valence-electron chi connectivity index (χ4n) is 4.26. The molecule has 2 aromatic carbocycles. The van der Waals surface area contributed by atoms with Gasteiger partial charge < -0.3 is 21.7 Å². The highest BCUT2D eigenvalue weighted by atomic mass is 32.2. The van der Waals surface area contributed by atoms with Crippen molar-refractivity contribution in [2.45, 2.75) is 54.1 Å². The first-order valence-electron chi connectivity index (χ1n) is 10.9. The van der Waals surface area contributed by atoms with E-state index in [2.05, 4.69) is 16.0 Å². The molecule has 32 heavy (non-hydrogen) atoms. The van der Waals surface area contributed by atoms with Crippen LogP contribution in [0.15, 0.2) is 46.2 Å². The summed E-state index contributed by atoms with van der Waals surface area (Å²) in [6, 6.07) is 9.81. The normalized spacial score (nSPS) is 20.1. The highest BCUT2D eigenvalue weighted by Crippen LogP contribution is 2.49. The number of carbonyl (C=O) groups excluding carboxylic acids is 1. The molecular weight excluding hydrogens is 437 g/mol. The lowest BCUT2D eigenvalue weighted by molar-refractivity contribution is -0.137. The molecule has 2 aromatic rings. The molecule has 1 saturated carbocycles. The summed E-state index contributed by atoms with van der Waals surface area (Å²) < 4.78 is 40.7. The topological polar surface area (TPSA) is 79.2 Å². The van der Waals surface area contributed by atoms with Gasteiger partial charge in [0.05, 0.1) is 22.6 Å². The van der Waals surface area contributed by atoms with Crippen molar-refractivity contribution in [3.05, 3.63) is 42.0 Å². The molecule has 2 atom stereocenters. The van der Waals surface area contributed by atoms with Gasteiger partial charge in [-0.15, -0.1) is 0 Å². The number of nitrogens with two attached hydrogens (primary N) is 1. The maximum Gasteiger partial charge on any atom is 0.416 e. The van der Waals surface area contributed by atoms with E-state index in [1.165, 1.54) is 11.8 Å². The van der Waals surface area contributed by atoms with Crippen molar-refractivity contribution in [1.82, 2.24) is 5.32 Å². The molecule has 0 saturated heterocycles. The second kappa shape index (κ2) is 9.72. The molecule has 0 spiro atoms. The number of nitrogens with one attached hydrogen (secondary N) is 3.